The summed E-state index contributed by atoms with van der Waals surface area (Å²) in [5, 5.41) is 6.86. The number of nitrogens with zero attached hydrogens (tertiary/aromatic N) is 2. The maximum absolute atomic E-state index is 11.8. The SMILES string of the molecule is COCC(=O)Nc1ccc(N2C(=S)NC(c3ccccn3)C2c2ccc(C)[nH]2)cc1. The van der Waals surface area contributed by atoms with E-state index in [1.165, 1.54) is 7.11 Å². The molecule has 1 saturated heterocycles. The maximum Gasteiger partial charge on any atom is 0.250 e. The predicted octanol–water partition coefficient (Wildman–Crippen LogP) is 3.48. The molecule has 3 aromatic rings. The van der Waals surface area contributed by atoms with Crippen LogP contribution in [0, 0.1) is 6.92 Å². The van der Waals surface area contributed by atoms with E-state index in [0.717, 1.165) is 22.8 Å². The van der Waals surface area contributed by atoms with Crippen molar-refractivity contribution in [1.82, 2.24) is 15.3 Å². The van der Waals surface area contributed by atoms with Crippen LogP contribution >= 0.6 is 12.2 Å². The van der Waals surface area contributed by atoms with Gasteiger partial charge in [0.05, 0.1) is 11.7 Å². The number of thiocarbonyl (C=S) groups is 1. The number of amides is 1. The first kappa shape index (κ1) is 20.1. The van der Waals surface area contributed by atoms with E-state index in [0.29, 0.717) is 10.8 Å². The first-order chi connectivity index (χ1) is 14.6. The Labute approximate surface area is 180 Å². The summed E-state index contributed by atoms with van der Waals surface area (Å²) in [5.41, 5.74) is 4.68. The zero-order valence-corrected chi connectivity index (χ0v) is 17.6. The number of pyridine rings is 1. The minimum atomic E-state index is -0.196. The Bertz CT molecular complexity index is 1040. The molecule has 1 aromatic carbocycles. The van der Waals surface area contributed by atoms with E-state index in [-0.39, 0.29) is 24.6 Å². The van der Waals surface area contributed by atoms with E-state index in [1.54, 1.807) is 6.20 Å². The van der Waals surface area contributed by atoms with Crippen LogP contribution in [0.4, 0.5) is 11.4 Å². The summed E-state index contributed by atoms with van der Waals surface area (Å²) in [5.74, 6) is -0.196. The number of ether oxygens (including phenoxy) is 1. The van der Waals surface area contributed by atoms with Crippen LogP contribution in [0.2, 0.25) is 0 Å². The summed E-state index contributed by atoms with van der Waals surface area (Å²) >= 11 is 5.71. The van der Waals surface area contributed by atoms with Crippen molar-refractivity contribution in [2.45, 2.75) is 19.0 Å². The van der Waals surface area contributed by atoms with E-state index in [1.807, 2.05) is 49.4 Å². The summed E-state index contributed by atoms with van der Waals surface area (Å²) in [6.07, 6.45) is 1.79. The Balaban J connectivity index is 1.67. The molecular weight excluding hydrogens is 398 g/mol. The number of hydrogen-bond donors (Lipinski definition) is 3. The number of anilines is 2. The Hall–Kier alpha value is -3.23. The minimum absolute atomic E-state index is 0.0158. The van der Waals surface area contributed by atoms with Crippen molar-refractivity contribution in [2.24, 2.45) is 0 Å². The molecule has 8 heteroatoms. The number of aromatic amines is 1. The van der Waals surface area contributed by atoms with Gasteiger partial charge in [0, 0.05) is 36.1 Å². The number of carbonyl (C=O) groups excluding carboxylic acids is 1. The molecule has 3 heterocycles. The van der Waals surface area contributed by atoms with Crippen molar-refractivity contribution < 1.29 is 9.53 Å². The molecule has 30 heavy (non-hydrogen) atoms. The lowest BCUT2D eigenvalue weighted by molar-refractivity contribution is -0.119. The van der Waals surface area contributed by atoms with Crippen LogP contribution in [-0.2, 0) is 9.53 Å². The van der Waals surface area contributed by atoms with E-state index in [9.17, 15) is 4.79 Å². The van der Waals surface area contributed by atoms with Gasteiger partial charge in [-0.05, 0) is 67.7 Å². The number of aryl methyl sites for hydroxylation is 1. The fraction of sp³-hybridized carbons (Fsp3) is 0.227. The molecule has 2 aromatic heterocycles. The average molecular weight is 422 g/mol. The highest BCUT2D eigenvalue weighted by Crippen LogP contribution is 2.41. The first-order valence-electron chi connectivity index (χ1n) is 9.62. The van der Waals surface area contributed by atoms with Crippen LogP contribution < -0.4 is 15.5 Å². The standard InChI is InChI=1S/C22H23N5O2S/c1-14-6-11-18(24-14)21-20(17-5-3-4-12-23-17)26-22(30)27(21)16-9-7-15(8-10-16)25-19(28)13-29-2/h3-12,20-21,24H,13H2,1-2H3,(H,25,28)(H,26,30). The molecule has 0 spiro atoms. The Morgan fingerprint density at radius 2 is 2.00 bits per heavy atom. The average Bonchev–Trinajstić information content (AvgIpc) is 3.32. The molecule has 1 aliphatic rings. The van der Waals surface area contributed by atoms with E-state index in [2.05, 4.69) is 37.6 Å². The highest BCUT2D eigenvalue weighted by atomic mass is 32.1. The molecule has 7 nitrogen and oxygen atoms in total. The molecule has 0 radical (unpaired) electrons. The number of benzene rings is 1. The molecule has 0 bridgehead atoms. The van der Waals surface area contributed by atoms with Crippen LogP contribution in [-0.4, -0.2) is 34.7 Å². The summed E-state index contributed by atoms with van der Waals surface area (Å²) < 4.78 is 4.86. The third-order valence-electron chi connectivity index (χ3n) is 4.98. The lowest BCUT2D eigenvalue weighted by atomic mass is 10.0. The van der Waals surface area contributed by atoms with Crippen LogP contribution in [0.15, 0.2) is 60.8 Å². The third-order valence-corrected chi connectivity index (χ3v) is 5.29. The number of carbonyl (C=O) groups is 1. The molecule has 3 N–H and O–H groups in total. The van der Waals surface area contributed by atoms with Gasteiger partial charge in [-0.25, -0.2) is 0 Å². The van der Waals surface area contributed by atoms with Gasteiger partial charge in [-0.3, -0.25) is 9.78 Å². The minimum Gasteiger partial charge on any atom is -0.375 e. The zero-order chi connectivity index (χ0) is 21.1. The lowest BCUT2D eigenvalue weighted by Gasteiger charge is -2.27. The largest absolute Gasteiger partial charge is 0.375 e. The third kappa shape index (κ3) is 4.05. The van der Waals surface area contributed by atoms with Gasteiger partial charge in [0.25, 0.3) is 0 Å². The second-order valence-electron chi connectivity index (χ2n) is 7.12. The van der Waals surface area contributed by atoms with Crippen molar-refractivity contribution in [3.8, 4) is 0 Å². The summed E-state index contributed by atoms with van der Waals surface area (Å²) in [7, 11) is 1.49. The van der Waals surface area contributed by atoms with Gasteiger partial charge in [-0.1, -0.05) is 6.07 Å². The second kappa shape index (κ2) is 8.64. The zero-order valence-electron chi connectivity index (χ0n) is 16.8. The lowest BCUT2D eigenvalue weighted by Crippen LogP contribution is -2.29. The van der Waals surface area contributed by atoms with Crippen molar-refractivity contribution >= 4 is 34.6 Å². The van der Waals surface area contributed by atoms with Crippen molar-refractivity contribution in [2.75, 3.05) is 23.9 Å². The number of nitrogens with one attached hydrogen (secondary N) is 3. The second-order valence-corrected chi connectivity index (χ2v) is 7.51. The first-order valence-corrected chi connectivity index (χ1v) is 10.0. The normalized spacial score (nSPS) is 18.3. The maximum atomic E-state index is 11.8. The monoisotopic (exact) mass is 421 g/mol. The van der Waals surface area contributed by atoms with Crippen molar-refractivity contribution in [1.29, 1.82) is 0 Å². The van der Waals surface area contributed by atoms with Gasteiger partial charge < -0.3 is 25.3 Å². The van der Waals surface area contributed by atoms with Crippen molar-refractivity contribution in [3.63, 3.8) is 0 Å². The van der Waals surface area contributed by atoms with Gasteiger partial charge in [-0.15, -0.1) is 0 Å². The molecule has 2 atom stereocenters. The van der Waals surface area contributed by atoms with Gasteiger partial charge >= 0.3 is 0 Å². The van der Waals surface area contributed by atoms with Crippen LogP contribution in [0.1, 0.15) is 29.2 Å². The molecule has 154 valence electrons. The van der Waals surface area contributed by atoms with Crippen LogP contribution in [0.5, 0.6) is 0 Å². The molecule has 2 unspecified atom stereocenters. The van der Waals surface area contributed by atoms with E-state index < -0.39 is 0 Å². The Morgan fingerprint density at radius 3 is 2.63 bits per heavy atom. The molecule has 0 aliphatic carbocycles. The number of aromatic nitrogens is 2. The molecule has 1 amide bonds. The quantitative estimate of drug-likeness (QED) is 0.529. The van der Waals surface area contributed by atoms with Crippen LogP contribution in [0.25, 0.3) is 0 Å². The molecule has 1 aliphatic heterocycles. The highest BCUT2D eigenvalue weighted by molar-refractivity contribution is 7.80. The van der Waals surface area contributed by atoms with Gasteiger partial charge in [0.2, 0.25) is 5.91 Å². The topological polar surface area (TPSA) is 82.3 Å². The summed E-state index contributed by atoms with van der Waals surface area (Å²) in [6.45, 7) is 2.05. The number of methoxy groups -OCH3 is 1. The Kier molecular flexibility index (Phi) is 5.78. The van der Waals surface area contributed by atoms with Gasteiger partial charge in [0.15, 0.2) is 5.11 Å². The van der Waals surface area contributed by atoms with Gasteiger partial charge in [-0.2, -0.15) is 0 Å². The number of rotatable bonds is 6. The molecule has 4 rings (SSSR count). The number of H-pyrrole nitrogens is 1. The summed E-state index contributed by atoms with van der Waals surface area (Å²) in [4.78, 5) is 21.8. The predicted molar refractivity (Wildman–Crippen MR) is 120 cm³/mol. The Morgan fingerprint density at radius 1 is 1.20 bits per heavy atom. The summed E-state index contributed by atoms with van der Waals surface area (Å²) in [6, 6.07) is 17.4. The smallest absolute Gasteiger partial charge is 0.250 e. The molecule has 1 fully saturated rings. The fourth-order valence-corrected chi connectivity index (χ4v) is 4.03. The molecule has 0 saturated carbocycles. The van der Waals surface area contributed by atoms with Crippen molar-refractivity contribution in [3.05, 3.63) is 77.9 Å². The van der Waals surface area contributed by atoms with Crippen LogP contribution in [0.3, 0.4) is 0 Å². The van der Waals surface area contributed by atoms with E-state index in [4.69, 9.17) is 17.0 Å². The number of hydrogen-bond acceptors (Lipinski definition) is 4. The van der Waals surface area contributed by atoms with E-state index >= 15 is 0 Å². The van der Waals surface area contributed by atoms with Gasteiger partial charge in [0.1, 0.15) is 12.6 Å². The highest BCUT2D eigenvalue weighted by Gasteiger charge is 2.41. The fourth-order valence-electron chi connectivity index (χ4n) is 3.68. The molecular formula is C22H23N5O2S.